The molecule has 6 heteroatoms. The van der Waals surface area contributed by atoms with Crippen molar-refractivity contribution in [3.8, 4) is 0 Å². The van der Waals surface area contributed by atoms with Gasteiger partial charge in [0.05, 0.1) is 0 Å². The maximum absolute atomic E-state index is 13.0. The molecule has 3 rings (SSSR count). The van der Waals surface area contributed by atoms with Gasteiger partial charge in [0.15, 0.2) is 0 Å². The molecule has 1 amide bonds. The number of aryl methyl sites for hydroxylation is 1. The first-order chi connectivity index (χ1) is 13.0. The summed E-state index contributed by atoms with van der Waals surface area (Å²) in [5.41, 5.74) is 0.998. The molecule has 5 nitrogen and oxygen atoms in total. The second-order valence-corrected chi connectivity index (χ2v) is 7.59. The van der Waals surface area contributed by atoms with Gasteiger partial charge in [-0.1, -0.05) is 12.1 Å². The number of carbonyl (C=O) groups excluding carboxylic acids is 1. The van der Waals surface area contributed by atoms with E-state index in [1.165, 1.54) is 12.1 Å². The third-order valence-electron chi connectivity index (χ3n) is 5.22. The number of carbonyl (C=O) groups is 1. The zero-order valence-electron chi connectivity index (χ0n) is 16.3. The van der Waals surface area contributed by atoms with Crippen LogP contribution in [0.25, 0.3) is 0 Å². The lowest BCUT2D eigenvalue weighted by Crippen LogP contribution is -2.40. The van der Waals surface area contributed by atoms with Crippen LogP contribution in [0.4, 0.5) is 4.39 Å². The fraction of sp³-hybridized carbons (Fsp3) is 0.524. The molecule has 27 heavy (non-hydrogen) atoms. The molecule has 1 aliphatic rings. The van der Waals surface area contributed by atoms with Crippen molar-refractivity contribution in [1.82, 2.24) is 19.4 Å². The SMILES string of the molecule is CN(C)CCn1ccnc1C1CCCN(C(=O)CCc2ccc(F)cc2)C1. The van der Waals surface area contributed by atoms with E-state index >= 15 is 0 Å². The Hall–Kier alpha value is -2.21. The summed E-state index contributed by atoms with van der Waals surface area (Å²) >= 11 is 0. The van der Waals surface area contributed by atoms with Crippen LogP contribution in [-0.4, -0.2) is 59.0 Å². The van der Waals surface area contributed by atoms with Gasteiger partial charge in [0.2, 0.25) is 5.91 Å². The molecule has 2 aromatic rings. The second kappa shape index (κ2) is 9.13. The van der Waals surface area contributed by atoms with E-state index in [4.69, 9.17) is 0 Å². The van der Waals surface area contributed by atoms with Crippen LogP contribution in [0.1, 0.15) is 36.6 Å². The van der Waals surface area contributed by atoms with Gasteiger partial charge in [-0.05, 0) is 51.1 Å². The molecule has 0 N–H and O–H groups in total. The fourth-order valence-corrected chi connectivity index (χ4v) is 3.65. The number of aromatic nitrogens is 2. The van der Waals surface area contributed by atoms with Crippen LogP contribution in [0.5, 0.6) is 0 Å². The highest BCUT2D eigenvalue weighted by Gasteiger charge is 2.27. The van der Waals surface area contributed by atoms with Gasteiger partial charge in [-0.2, -0.15) is 0 Å². The number of likely N-dealkylation sites (N-methyl/N-ethyl adjacent to an activating group) is 1. The number of rotatable bonds is 7. The molecule has 0 spiro atoms. The third kappa shape index (κ3) is 5.39. The number of hydrogen-bond acceptors (Lipinski definition) is 3. The van der Waals surface area contributed by atoms with Gasteiger partial charge in [-0.3, -0.25) is 4.79 Å². The zero-order valence-corrected chi connectivity index (χ0v) is 16.3. The molecule has 0 radical (unpaired) electrons. The van der Waals surface area contributed by atoms with Gasteiger partial charge < -0.3 is 14.4 Å². The molecule has 0 aliphatic carbocycles. The lowest BCUT2D eigenvalue weighted by atomic mass is 9.96. The first-order valence-electron chi connectivity index (χ1n) is 9.71. The normalized spacial score (nSPS) is 17.5. The third-order valence-corrected chi connectivity index (χ3v) is 5.22. The molecule has 0 bridgehead atoms. The Kier molecular flexibility index (Phi) is 6.61. The van der Waals surface area contributed by atoms with Crippen molar-refractivity contribution >= 4 is 5.91 Å². The van der Waals surface area contributed by atoms with Gasteiger partial charge in [-0.15, -0.1) is 0 Å². The number of halogens is 1. The molecular weight excluding hydrogens is 343 g/mol. The number of hydrogen-bond donors (Lipinski definition) is 0. The van der Waals surface area contributed by atoms with Crippen LogP contribution >= 0.6 is 0 Å². The highest BCUT2D eigenvalue weighted by molar-refractivity contribution is 5.76. The van der Waals surface area contributed by atoms with E-state index < -0.39 is 0 Å². The largest absolute Gasteiger partial charge is 0.342 e. The predicted octanol–water partition coefficient (Wildman–Crippen LogP) is 2.92. The summed E-state index contributed by atoms with van der Waals surface area (Å²) in [5.74, 6) is 1.32. The maximum atomic E-state index is 13.0. The first-order valence-corrected chi connectivity index (χ1v) is 9.71. The molecular formula is C21H29FN4O. The number of piperidine rings is 1. The lowest BCUT2D eigenvalue weighted by Gasteiger charge is -2.33. The van der Waals surface area contributed by atoms with Crippen molar-refractivity contribution < 1.29 is 9.18 Å². The average molecular weight is 372 g/mol. The molecule has 1 aliphatic heterocycles. The van der Waals surface area contributed by atoms with E-state index in [0.29, 0.717) is 18.8 Å². The van der Waals surface area contributed by atoms with Gasteiger partial charge in [0.1, 0.15) is 11.6 Å². The van der Waals surface area contributed by atoms with E-state index in [2.05, 4.69) is 28.5 Å². The second-order valence-electron chi connectivity index (χ2n) is 7.59. The summed E-state index contributed by atoms with van der Waals surface area (Å²) in [4.78, 5) is 21.4. The molecule has 1 unspecified atom stereocenters. The lowest BCUT2D eigenvalue weighted by molar-refractivity contribution is -0.132. The standard InChI is InChI=1S/C21H29FN4O/c1-24(2)14-15-25-13-11-23-21(25)18-4-3-12-26(16-18)20(27)10-7-17-5-8-19(22)9-6-17/h5-6,8-9,11,13,18H,3-4,7,10,12,14-16H2,1-2H3. The van der Waals surface area contributed by atoms with E-state index in [1.54, 1.807) is 12.1 Å². The Morgan fingerprint density at radius 1 is 1.30 bits per heavy atom. The zero-order chi connectivity index (χ0) is 19.2. The van der Waals surface area contributed by atoms with Crippen molar-refractivity contribution in [2.45, 2.75) is 38.1 Å². The summed E-state index contributed by atoms with van der Waals surface area (Å²) in [7, 11) is 4.14. The summed E-state index contributed by atoms with van der Waals surface area (Å²) < 4.78 is 15.2. The van der Waals surface area contributed by atoms with Crippen LogP contribution < -0.4 is 0 Å². The average Bonchev–Trinajstić information content (AvgIpc) is 3.14. The van der Waals surface area contributed by atoms with Crippen molar-refractivity contribution in [2.24, 2.45) is 0 Å². The monoisotopic (exact) mass is 372 g/mol. The van der Waals surface area contributed by atoms with Gasteiger partial charge in [0, 0.05) is 50.9 Å². The van der Waals surface area contributed by atoms with E-state index in [9.17, 15) is 9.18 Å². The smallest absolute Gasteiger partial charge is 0.222 e. The minimum atomic E-state index is -0.242. The first kappa shape index (κ1) is 19.5. The van der Waals surface area contributed by atoms with Crippen LogP contribution in [0.2, 0.25) is 0 Å². The fourth-order valence-electron chi connectivity index (χ4n) is 3.65. The van der Waals surface area contributed by atoms with Crippen molar-refractivity contribution in [3.63, 3.8) is 0 Å². The Labute approximate surface area is 160 Å². The van der Waals surface area contributed by atoms with Gasteiger partial charge in [0.25, 0.3) is 0 Å². The molecule has 1 atom stereocenters. The minimum Gasteiger partial charge on any atom is -0.342 e. The number of amides is 1. The highest BCUT2D eigenvalue weighted by atomic mass is 19.1. The number of likely N-dealkylation sites (tertiary alicyclic amines) is 1. The predicted molar refractivity (Wildman–Crippen MR) is 104 cm³/mol. The van der Waals surface area contributed by atoms with Crippen LogP contribution in [-0.2, 0) is 17.8 Å². The van der Waals surface area contributed by atoms with Crippen LogP contribution in [0, 0.1) is 5.82 Å². The molecule has 1 fully saturated rings. The Bertz CT molecular complexity index is 741. The number of benzene rings is 1. The highest BCUT2D eigenvalue weighted by Crippen LogP contribution is 2.26. The number of nitrogens with zero attached hydrogens (tertiary/aromatic N) is 4. The van der Waals surface area contributed by atoms with Gasteiger partial charge in [-0.25, -0.2) is 9.37 Å². The number of imidazole rings is 1. The quantitative estimate of drug-likeness (QED) is 0.750. The van der Waals surface area contributed by atoms with Gasteiger partial charge >= 0.3 is 0 Å². The molecule has 0 saturated carbocycles. The topological polar surface area (TPSA) is 41.4 Å². The maximum Gasteiger partial charge on any atom is 0.222 e. The summed E-state index contributed by atoms with van der Waals surface area (Å²) in [5, 5.41) is 0. The molecule has 1 aromatic carbocycles. The Balaban J connectivity index is 1.56. The van der Waals surface area contributed by atoms with Crippen molar-refractivity contribution in [3.05, 3.63) is 53.9 Å². The molecule has 2 heterocycles. The molecule has 1 aromatic heterocycles. The van der Waals surface area contributed by atoms with E-state index in [0.717, 1.165) is 50.4 Å². The van der Waals surface area contributed by atoms with E-state index in [1.807, 2.05) is 17.3 Å². The minimum absolute atomic E-state index is 0.176. The Morgan fingerprint density at radius 3 is 2.81 bits per heavy atom. The van der Waals surface area contributed by atoms with Crippen LogP contribution in [0.3, 0.4) is 0 Å². The van der Waals surface area contributed by atoms with Crippen molar-refractivity contribution in [2.75, 3.05) is 33.7 Å². The molecule has 146 valence electrons. The summed E-state index contributed by atoms with van der Waals surface area (Å²) in [6.45, 7) is 3.44. The summed E-state index contributed by atoms with van der Waals surface area (Å²) in [6, 6.07) is 6.40. The molecule has 1 saturated heterocycles. The summed E-state index contributed by atoms with van der Waals surface area (Å²) in [6.07, 6.45) is 7.09. The van der Waals surface area contributed by atoms with Crippen LogP contribution in [0.15, 0.2) is 36.7 Å². The van der Waals surface area contributed by atoms with E-state index in [-0.39, 0.29) is 11.7 Å². The van der Waals surface area contributed by atoms with Crippen molar-refractivity contribution in [1.29, 1.82) is 0 Å². The Morgan fingerprint density at radius 2 is 2.07 bits per heavy atom.